The lowest BCUT2D eigenvalue weighted by Gasteiger charge is -2.19. The second-order valence-corrected chi connectivity index (χ2v) is 5.05. The summed E-state index contributed by atoms with van der Waals surface area (Å²) in [5.41, 5.74) is 1.83. The van der Waals surface area contributed by atoms with Crippen LogP contribution >= 0.6 is 0 Å². The van der Waals surface area contributed by atoms with Crippen molar-refractivity contribution in [2.24, 2.45) is 0 Å². The van der Waals surface area contributed by atoms with E-state index in [0.717, 1.165) is 37.1 Å². The molecule has 0 bridgehead atoms. The number of aryl methyl sites for hydroxylation is 1. The predicted molar refractivity (Wildman–Crippen MR) is 73.2 cm³/mol. The smallest absolute Gasteiger partial charge is 0.257 e. The van der Waals surface area contributed by atoms with E-state index in [1.165, 1.54) is 0 Å². The van der Waals surface area contributed by atoms with Crippen molar-refractivity contribution in [3.05, 3.63) is 17.5 Å². The van der Waals surface area contributed by atoms with Crippen LogP contribution in [0, 0.1) is 0 Å². The molecule has 1 heterocycles. The number of aromatic nitrogens is 2. The van der Waals surface area contributed by atoms with Gasteiger partial charge >= 0.3 is 0 Å². The van der Waals surface area contributed by atoms with E-state index in [1.807, 2.05) is 11.6 Å². The number of carbonyl (C=O) groups excluding carboxylic acids is 1. The molecule has 1 aliphatic rings. The fraction of sp³-hybridized carbons (Fsp3) is 0.714. The molecule has 0 aliphatic heterocycles. The van der Waals surface area contributed by atoms with Gasteiger partial charge in [-0.3, -0.25) is 9.48 Å². The average molecular weight is 265 g/mol. The highest BCUT2D eigenvalue weighted by Crippen LogP contribution is 2.42. The molecule has 19 heavy (non-hydrogen) atoms. The molecule has 0 saturated heterocycles. The highest BCUT2D eigenvalue weighted by Gasteiger charge is 2.33. The van der Waals surface area contributed by atoms with Gasteiger partial charge in [-0.15, -0.1) is 0 Å². The van der Waals surface area contributed by atoms with Gasteiger partial charge in [-0.2, -0.15) is 5.10 Å². The SMILES string of the molecule is CCCn1ncc(C(=O)N(CC)CCO)c1C1CC1. The van der Waals surface area contributed by atoms with Crippen molar-refractivity contribution in [3.63, 3.8) is 0 Å². The highest BCUT2D eigenvalue weighted by atomic mass is 16.3. The van der Waals surface area contributed by atoms with Gasteiger partial charge in [0.15, 0.2) is 0 Å². The van der Waals surface area contributed by atoms with Gasteiger partial charge in [-0.1, -0.05) is 6.92 Å². The second kappa shape index (κ2) is 6.19. The van der Waals surface area contributed by atoms with Crippen LogP contribution in [-0.4, -0.2) is 45.4 Å². The van der Waals surface area contributed by atoms with Crippen molar-refractivity contribution < 1.29 is 9.90 Å². The zero-order chi connectivity index (χ0) is 13.8. The molecular weight excluding hydrogens is 242 g/mol. The summed E-state index contributed by atoms with van der Waals surface area (Å²) in [5.74, 6) is 0.502. The van der Waals surface area contributed by atoms with E-state index in [-0.39, 0.29) is 12.5 Å². The molecule has 5 nitrogen and oxygen atoms in total. The Labute approximate surface area is 114 Å². The molecule has 1 saturated carbocycles. The largest absolute Gasteiger partial charge is 0.395 e. The molecule has 1 amide bonds. The minimum atomic E-state index is 0.000744. The Morgan fingerprint density at radius 1 is 1.53 bits per heavy atom. The van der Waals surface area contributed by atoms with E-state index in [1.54, 1.807) is 11.1 Å². The molecule has 0 unspecified atom stereocenters. The Morgan fingerprint density at radius 2 is 2.26 bits per heavy atom. The minimum Gasteiger partial charge on any atom is -0.395 e. The first-order valence-corrected chi connectivity index (χ1v) is 7.18. The number of carbonyl (C=O) groups is 1. The first kappa shape index (κ1) is 14.1. The van der Waals surface area contributed by atoms with E-state index < -0.39 is 0 Å². The van der Waals surface area contributed by atoms with Crippen LogP contribution in [0.3, 0.4) is 0 Å². The van der Waals surface area contributed by atoms with Gasteiger partial charge in [0.25, 0.3) is 5.91 Å². The van der Waals surface area contributed by atoms with Gasteiger partial charge in [-0.05, 0) is 26.2 Å². The van der Waals surface area contributed by atoms with E-state index in [0.29, 0.717) is 19.0 Å². The van der Waals surface area contributed by atoms with Gasteiger partial charge < -0.3 is 10.0 Å². The molecule has 0 radical (unpaired) electrons. The maximum atomic E-state index is 12.5. The lowest BCUT2D eigenvalue weighted by molar-refractivity contribution is 0.0730. The summed E-state index contributed by atoms with van der Waals surface area (Å²) in [5, 5.41) is 13.4. The molecular formula is C14H23N3O2. The minimum absolute atomic E-state index is 0.000744. The number of aliphatic hydroxyl groups is 1. The van der Waals surface area contributed by atoms with E-state index in [4.69, 9.17) is 5.11 Å². The quantitative estimate of drug-likeness (QED) is 0.815. The summed E-state index contributed by atoms with van der Waals surface area (Å²) < 4.78 is 1.98. The van der Waals surface area contributed by atoms with Crippen LogP contribution in [0.15, 0.2) is 6.20 Å². The molecule has 1 aliphatic carbocycles. The van der Waals surface area contributed by atoms with Crippen LogP contribution in [0.25, 0.3) is 0 Å². The zero-order valence-corrected chi connectivity index (χ0v) is 11.8. The molecule has 106 valence electrons. The summed E-state index contributed by atoms with van der Waals surface area (Å²) in [4.78, 5) is 14.2. The average Bonchev–Trinajstić information content (AvgIpc) is 3.17. The van der Waals surface area contributed by atoms with Crippen molar-refractivity contribution in [3.8, 4) is 0 Å². The van der Waals surface area contributed by atoms with Crippen LogP contribution < -0.4 is 0 Å². The lowest BCUT2D eigenvalue weighted by Crippen LogP contribution is -2.33. The number of hydrogen-bond acceptors (Lipinski definition) is 3. The fourth-order valence-electron chi connectivity index (χ4n) is 2.43. The Morgan fingerprint density at radius 3 is 2.79 bits per heavy atom. The van der Waals surface area contributed by atoms with Crippen molar-refractivity contribution in [2.75, 3.05) is 19.7 Å². The van der Waals surface area contributed by atoms with Crippen LogP contribution in [0.2, 0.25) is 0 Å². The summed E-state index contributed by atoms with van der Waals surface area (Å²) >= 11 is 0. The number of nitrogens with zero attached hydrogens (tertiary/aromatic N) is 3. The second-order valence-electron chi connectivity index (χ2n) is 5.05. The van der Waals surface area contributed by atoms with E-state index >= 15 is 0 Å². The van der Waals surface area contributed by atoms with Crippen molar-refractivity contribution in [1.82, 2.24) is 14.7 Å². The number of rotatable bonds is 7. The number of hydrogen-bond donors (Lipinski definition) is 1. The fourth-order valence-corrected chi connectivity index (χ4v) is 2.43. The standard InChI is InChI=1S/C14H23N3O2/c1-3-7-17-13(11-5-6-11)12(10-15-17)14(19)16(4-2)8-9-18/h10-11,18H,3-9H2,1-2H3. The maximum Gasteiger partial charge on any atom is 0.257 e. The third-order valence-electron chi connectivity index (χ3n) is 3.55. The van der Waals surface area contributed by atoms with Crippen LogP contribution in [0.1, 0.15) is 55.1 Å². The van der Waals surface area contributed by atoms with E-state index in [9.17, 15) is 4.79 Å². The molecule has 2 rings (SSSR count). The molecule has 5 heteroatoms. The normalized spacial score (nSPS) is 14.7. The molecule has 0 atom stereocenters. The summed E-state index contributed by atoms with van der Waals surface area (Å²) in [6, 6.07) is 0. The zero-order valence-electron chi connectivity index (χ0n) is 11.8. The Balaban J connectivity index is 2.25. The van der Waals surface area contributed by atoms with Crippen molar-refractivity contribution >= 4 is 5.91 Å². The Kier molecular flexibility index (Phi) is 4.58. The predicted octanol–water partition coefficient (Wildman–Crippen LogP) is 1.62. The van der Waals surface area contributed by atoms with Gasteiger partial charge in [-0.25, -0.2) is 0 Å². The monoisotopic (exact) mass is 265 g/mol. The maximum absolute atomic E-state index is 12.5. The third kappa shape index (κ3) is 2.97. The van der Waals surface area contributed by atoms with E-state index in [2.05, 4.69) is 12.0 Å². The summed E-state index contributed by atoms with van der Waals surface area (Å²) in [6.07, 6.45) is 5.03. The lowest BCUT2D eigenvalue weighted by atomic mass is 10.1. The first-order valence-electron chi connectivity index (χ1n) is 7.18. The highest BCUT2D eigenvalue weighted by molar-refractivity contribution is 5.95. The van der Waals surface area contributed by atoms with Crippen molar-refractivity contribution in [1.29, 1.82) is 0 Å². The van der Waals surface area contributed by atoms with Gasteiger partial charge in [0.1, 0.15) is 0 Å². The molecule has 1 aromatic heterocycles. The molecule has 0 spiro atoms. The van der Waals surface area contributed by atoms with Crippen LogP contribution in [-0.2, 0) is 6.54 Å². The summed E-state index contributed by atoms with van der Waals surface area (Å²) in [7, 11) is 0. The molecule has 0 aromatic carbocycles. The van der Waals surface area contributed by atoms with Gasteiger partial charge in [0.2, 0.25) is 0 Å². The number of aliphatic hydroxyl groups excluding tert-OH is 1. The van der Waals surface area contributed by atoms with Gasteiger partial charge in [0.05, 0.1) is 24.1 Å². The Hall–Kier alpha value is -1.36. The van der Waals surface area contributed by atoms with Crippen molar-refractivity contribution in [2.45, 2.75) is 45.6 Å². The van der Waals surface area contributed by atoms with Crippen LogP contribution in [0.5, 0.6) is 0 Å². The van der Waals surface area contributed by atoms with Gasteiger partial charge in [0, 0.05) is 25.6 Å². The number of likely N-dealkylation sites (N-methyl/N-ethyl adjacent to an activating group) is 1. The number of amides is 1. The molecule has 1 N–H and O–H groups in total. The first-order chi connectivity index (χ1) is 9.22. The Bertz CT molecular complexity index is 438. The summed E-state index contributed by atoms with van der Waals surface area (Å²) in [6.45, 7) is 5.91. The molecule has 1 aromatic rings. The van der Waals surface area contributed by atoms with Crippen LogP contribution in [0.4, 0.5) is 0 Å². The molecule has 1 fully saturated rings. The third-order valence-corrected chi connectivity index (χ3v) is 3.55. The topological polar surface area (TPSA) is 58.4 Å².